The Morgan fingerprint density at radius 3 is 2.83 bits per heavy atom. The van der Waals surface area contributed by atoms with Crippen molar-refractivity contribution >= 4 is 11.4 Å². The molecule has 1 saturated heterocycles. The molecule has 0 bridgehead atoms. The van der Waals surface area contributed by atoms with Gasteiger partial charge >= 0.3 is 0 Å². The molecule has 1 saturated carbocycles. The van der Waals surface area contributed by atoms with Gasteiger partial charge in [0.15, 0.2) is 0 Å². The standard InChI is InChI=1S/C14H21N3O/c1-18-12-4-5-14(13(15)8-12)16-10-6-7-17(9-10)11-2-3-11/h4-5,8,10-11,16H,2-3,6-7,9,15H2,1H3. The molecule has 2 fully saturated rings. The van der Waals surface area contributed by atoms with Crippen LogP contribution in [0.1, 0.15) is 19.3 Å². The van der Waals surface area contributed by atoms with Gasteiger partial charge in [-0.1, -0.05) is 0 Å². The molecule has 0 spiro atoms. The number of ether oxygens (including phenoxy) is 1. The van der Waals surface area contributed by atoms with Crippen LogP contribution in [0.2, 0.25) is 0 Å². The zero-order valence-electron chi connectivity index (χ0n) is 10.9. The summed E-state index contributed by atoms with van der Waals surface area (Å²) in [7, 11) is 1.66. The highest BCUT2D eigenvalue weighted by Crippen LogP contribution is 2.31. The van der Waals surface area contributed by atoms with Crippen LogP contribution in [0.4, 0.5) is 11.4 Å². The van der Waals surface area contributed by atoms with Gasteiger partial charge in [-0.3, -0.25) is 4.90 Å². The van der Waals surface area contributed by atoms with Crippen LogP contribution in [0, 0.1) is 0 Å². The Morgan fingerprint density at radius 1 is 1.33 bits per heavy atom. The van der Waals surface area contributed by atoms with Crippen LogP contribution in [-0.2, 0) is 0 Å². The van der Waals surface area contributed by atoms with E-state index in [2.05, 4.69) is 10.2 Å². The smallest absolute Gasteiger partial charge is 0.121 e. The maximum atomic E-state index is 6.03. The van der Waals surface area contributed by atoms with E-state index >= 15 is 0 Å². The van der Waals surface area contributed by atoms with Gasteiger partial charge in [0.25, 0.3) is 0 Å². The summed E-state index contributed by atoms with van der Waals surface area (Å²) in [6.45, 7) is 2.37. The molecule has 1 unspecified atom stereocenters. The number of nitrogens with zero attached hydrogens (tertiary/aromatic N) is 1. The van der Waals surface area contributed by atoms with Gasteiger partial charge in [0, 0.05) is 31.2 Å². The minimum absolute atomic E-state index is 0.529. The number of hydrogen-bond acceptors (Lipinski definition) is 4. The molecular weight excluding hydrogens is 226 g/mol. The molecule has 0 aromatic heterocycles. The van der Waals surface area contributed by atoms with E-state index in [-0.39, 0.29) is 0 Å². The van der Waals surface area contributed by atoms with Crippen molar-refractivity contribution < 1.29 is 4.74 Å². The minimum Gasteiger partial charge on any atom is -0.497 e. The van der Waals surface area contributed by atoms with E-state index in [0.717, 1.165) is 29.7 Å². The summed E-state index contributed by atoms with van der Waals surface area (Å²) in [4.78, 5) is 2.59. The zero-order chi connectivity index (χ0) is 12.5. The first-order valence-corrected chi connectivity index (χ1v) is 6.70. The average molecular weight is 247 g/mol. The summed E-state index contributed by atoms with van der Waals surface area (Å²) in [5.41, 5.74) is 7.82. The Bertz CT molecular complexity index is 431. The lowest BCUT2D eigenvalue weighted by Crippen LogP contribution is -2.27. The van der Waals surface area contributed by atoms with E-state index in [1.807, 2.05) is 18.2 Å². The molecule has 1 heterocycles. The Kier molecular flexibility index (Phi) is 3.04. The van der Waals surface area contributed by atoms with Crippen LogP contribution in [0.3, 0.4) is 0 Å². The molecule has 1 aromatic carbocycles. The largest absolute Gasteiger partial charge is 0.497 e. The van der Waals surface area contributed by atoms with Gasteiger partial charge in [-0.05, 0) is 31.4 Å². The van der Waals surface area contributed by atoms with Crippen molar-refractivity contribution in [2.75, 3.05) is 31.2 Å². The monoisotopic (exact) mass is 247 g/mol. The number of methoxy groups -OCH3 is 1. The first-order chi connectivity index (χ1) is 8.76. The molecule has 1 aliphatic heterocycles. The van der Waals surface area contributed by atoms with Gasteiger partial charge in [0.05, 0.1) is 18.5 Å². The van der Waals surface area contributed by atoms with Gasteiger partial charge in [-0.15, -0.1) is 0 Å². The average Bonchev–Trinajstić information content (AvgIpc) is 3.13. The van der Waals surface area contributed by atoms with Gasteiger partial charge in [0.1, 0.15) is 5.75 Å². The second kappa shape index (κ2) is 4.69. The Morgan fingerprint density at radius 2 is 2.17 bits per heavy atom. The lowest BCUT2D eigenvalue weighted by Gasteiger charge is -2.18. The third-order valence-corrected chi connectivity index (χ3v) is 3.90. The summed E-state index contributed by atoms with van der Waals surface area (Å²) < 4.78 is 5.16. The number of benzene rings is 1. The van der Waals surface area contributed by atoms with E-state index in [1.54, 1.807) is 7.11 Å². The predicted octanol–water partition coefficient (Wildman–Crippen LogP) is 1.93. The van der Waals surface area contributed by atoms with Crippen LogP contribution in [0.25, 0.3) is 0 Å². The molecule has 98 valence electrons. The summed E-state index contributed by atoms with van der Waals surface area (Å²) in [6.07, 6.45) is 3.98. The molecule has 3 rings (SSSR count). The fourth-order valence-corrected chi connectivity index (χ4v) is 2.70. The summed E-state index contributed by atoms with van der Waals surface area (Å²) in [5, 5.41) is 3.55. The molecule has 18 heavy (non-hydrogen) atoms. The third-order valence-electron chi connectivity index (χ3n) is 3.90. The van der Waals surface area contributed by atoms with Crippen LogP contribution in [0.15, 0.2) is 18.2 Å². The number of nitrogens with one attached hydrogen (secondary N) is 1. The maximum absolute atomic E-state index is 6.03. The zero-order valence-corrected chi connectivity index (χ0v) is 10.9. The molecule has 0 radical (unpaired) electrons. The van der Waals surface area contributed by atoms with E-state index in [9.17, 15) is 0 Å². The highest BCUT2D eigenvalue weighted by Gasteiger charge is 2.34. The molecule has 1 aromatic rings. The van der Waals surface area contributed by atoms with E-state index in [1.165, 1.54) is 25.8 Å². The van der Waals surface area contributed by atoms with E-state index in [4.69, 9.17) is 10.5 Å². The minimum atomic E-state index is 0.529. The summed E-state index contributed by atoms with van der Waals surface area (Å²) in [5.74, 6) is 0.809. The van der Waals surface area contributed by atoms with E-state index < -0.39 is 0 Å². The molecule has 2 aliphatic rings. The van der Waals surface area contributed by atoms with Gasteiger partial charge in [-0.25, -0.2) is 0 Å². The molecule has 1 atom stereocenters. The fourth-order valence-electron chi connectivity index (χ4n) is 2.70. The van der Waals surface area contributed by atoms with Crippen LogP contribution in [0.5, 0.6) is 5.75 Å². The number of nitrogen functional groups attached to an aromatic ring is 1. The lowest BCUT2D eigenvalue weighted by atomic mass is 10.2. The van der Waals surface area contributed by atoms with Gasteiger partial charge in [0.2, 0.25) is 0 Å². The molecule has 0 amide bonds. The highest BCUT2D eigenvalue weighted by molar-refractivity contribution is 5.68. The molecule has 4 heteroatoms. The van der Waals surface area contributed by atoms with Crippen molar-refractivity contribution in [3.05, 3.63) is 18.2 Å². The second-order valence-corrected chi connectivity index (χ2v) is 5.31. The number of likely N-dealkylation sites (tertiary alicyclic amines) is 1. The number of nitrogens with two attached hydrogens (primary N) is 1. The van der Waals surface area contributed by atoms with Crippen molar-refractivity contribution in [1.82, 2.24) is 4.90 Å². The SMILES string of the molecule is COc1ccc(NC2CCN(C3CC3)C2)c(N)c1. The second-order valence-electron chi connectivity index (χ2n) is 5.31. The third kappa shape index (κ3) is 2.38. The first kappa shape index (κ1) is 11.7. The van der Waals surface area contributed by atoms with Crippen LogP contribution >= 0.6 is 0 Å². The molecule has 1 aliphatic carbocycles. The normalized spacial score (nSPS) is 24.2. The van der Waals surface area contributed by atoms with Gasteiger partial charge < -0.3 is 15.8 Å². The predicted molar refractivity (Wildman–Crippen MR) is 74.0 cm³/mol. The summed E-state index contributed by atoms with van der Waals surface area (Å²) in [6, 6.07) is 7.22. The van der Waals surface area contributed by atoms with E-state index in [0.29, 0.717) is 6.04 Å². The number of anilines is 2. The number of hydrogen-bond donors (Lipinski definition) is 2. The lowest BCUT2D eigenvalue weighted by molar-refractivity contribution is 0.326. The van der Waals surface area contributed by atoms with Gasteiger partial charge in [-0.2, -0.15) is 0 Å². The highest BCUT2D eigenvalue weighted by atomic mass is 16.5. The first-order valence-electron chi connectivity index (χ1n) is 6.70. The Labute approximate surface area is 108 Å². The van der Waals surface area contributed by atoms with Crippen molar-refractivity contribution in [3.8, 4) is 5.75 Å². The van der Waals surface area contributed by atoms with Crippen LogP contribution in [-0.4, -0.2) is 37.2 Å². The molecular formula is C14H21N3O. The van der Waals surface area contributed by atoms with Crippen LogP contribution < -0.4 is 15.8 Å². The fraction of sp³-hybridized carbons (Fsp3) is 0.571. The van der Waals surface area contributed by atoms with Crippen molar-refractivity contribution in [3.63, 3.8) is 0 Å². The van der Waals surface area contributed by atoms with Crippen molar-refractivity contribution in [2.24, 2.45) is 0 Å². The Balaban J connectivity index is 1.62. The molecule has 3 N–H and O–H groups in total. The maximum Gasteiger partial charge on any atom is 0.121 e. The topological polar surface area (TPSA) is 50.5 Å². The Hall–Kier alpha value is -1.42. The quantitative estimate of drug-likeness (QED) is 0.798. The number of rotatable bonds is 4. The molecule has 4 nitrogen and oxygen atoms in total. The summed E-state index contributed by atoms with van der Waals surface area (Å²) >= 11 is 0. The van der Waals surface area contributed by atoms with Crippen molar-refractivity contribution in [1.29, 1.82) is 0 Å². The van der Waals surface area contributed by atoms with Crippen molar-refractivity contribution in [2.45, 2.75) is 31.3 Å².